The quantitative estimate of drug-likeness (QED) is 0.630. The van der Waals surface area contributed by atoms with E-state index in [0.29, 0.717) is 0 Å². The average molecular weight is 202 g/mol. The van der Waals surface area contributed by atoms with Gasteiger partial charge in [-0.1, -0.05) is 30.1 Å². The van der Waals surface area contributed by atoms with Crippen molar-refractivity contribution in [3.63, 3.8) is 0 Å². The van der Waals surface area contributed by atoms with Gasteiger partial charge in [0, 0.05) is 14.0 Å². The molecule has 12 heavy (non-hydrogen) atoms. The Kier molecular flexibility index (Phi) is 1.88. The van der Waals surface area contributed by atoms with Crippen LogP contribution in [0, 0.1) is 11.6 Å². The second-order valence-corrected chi connectivity index (χ2v) is 4.82. The van der Waals surface area contributed by atoms with Crippen molar-refractivity contribution < 1.29 is 8.78 Å². The Morgan fingerprint density at radius 2 is 1.42 bits per heavy atom. The standard InChI is InChI=1S/C8H4F2S2/c1-4-11-7-2-5(9)6(10)3-8(7)12-4/h2-3H,1H2. The number of hydrogen-bond acceptors (Lipinski definition) is 2. The van der Waals surface area contributed by atoms with Crippen LogP contribution >= 0.6 is 23.5 Å². The van der Waals surface area contributed by atoms with Gasteiger partial charge in [0.05, 0.1) is 0 Å². The maximum Gasteiger partial charge on any atom is 0.160 e. The Labute approximate surface area is 77.0 Å². The summed E-state index contributed by atoms with van der Waals surface area (Å²) < 4.78 is 26.2. The van der Waals surface area contributed by atoms with Gasteiger partial charge in [-0.05, 0) is 12.1 Å². The van der Waals surface area contributed by atoms with E-state index in [1.807, 2.05) is 0 Å². The van der Waals surface area contributed by atoms with Gasteiger partial charge in [-0.2, -0.15) is 0 Å². The summed E-state index contributed by atoms with van der Waals surface area (Å²) in [6, 6.07) is 2.42. The summed E-state index contributed by atoms with van der Waals surface area (Å²) in [5.41, 5.74) is 0. The first-order valence-corrected chi connectivity index (χ1v) is 4.84. The molecular formula is C8H4F2S2. The van der Waals surface area contributed by atoms with Crippen molar-refractivity contribution in [1.29, 1.82) is 0 Å². The van der Waals surface area contributed by atoms with Gasteiger partial charge in [-0.15, -0.1) is 0 Å². The molecule has 1 aromatic carbocycles. The number of rotatable bonds is 0. The van der Waals surface area contributed by atoms with Gasteiger partial charge >= 0.3 is 0 Å². The molecule has 0 atom stereocenters. The molecule has 0 radical (unpaired) electrons. The molecule has 0 spiro atoms. The first-order valence-electron chi connectivity index (χ1n) is 3.20. The van der Waals surface area contributed by atoms with Crippen molar-refractivity contribution in [3.8, 4) is 0 Å². The molecule has 0 aromatic heterocycles. The monoisotopic (exact) mass is 202 g/mol. The van der Waals surface area contributed by atoms with Crippen molar-refractivity contribution >= 4 is 23.5 Å². The minimum atomic E-state index is -0.795. The fourth-order valence-corrected chi connectivity index (χ4v) is 3.03. The highest BCUT2D eigenvalue weighted by molar-refractivity contribution is 8.24. The van der Waals surface area contributed by atoms with Crippen molar-refractivity contribution in [1.82, 2.24) is 0 Å². The van der Waals surface area contributed by atoms with Gasteiger partial charge in [0.2, 0.25) is 0 Å². The smallest absolute Gasteiger partial charge is 0.160 e. The van der Waals surface area contributed by atoms with Crippen LogP contribution in [-0.2, 0) is 0 Å². The van der Waals surface area contributed by atoms with Crippen molar-refractivity contribution in [3.05, 3.63) is 34.6 Å². The molecule has 0 fully saturated rings. The molecule has 0 N–H and O–H groups in total. The van der Waals surface area contributed by atoms with Gasteiger partial charge in [0.1, 0.15) is 0 Å². The molecule has 62 valence electrons. The van der Waals surface area contributed by atoms with Gasteiger partial charge < -0.3 is 0 Å². The molecule has 4 heteroatoms. The molecule has 1 heterocycles. The maximum absolute atomic E-state index is 12.7. The lowest BCUT2D eigenvalue weighted by Gasteiger charge is -1.96. The third-order valence-corrected chi connectivity index (χ3v) is 3.63. The Hall–Kier alpha value is -0.480. The van der Waals surface area contributed by atoms with Crippen LogP contribution in [0.5, 0.6) is 0 Å². The van der Waals surface area contributed by atoms with Crippen molar-refractivity contribution in [2.75, 3.05) is 0 Å². The highest BCUT2D eigenvalue weighted by Gasteiger charge is 2.18. The fourth-order valence-electron chi connectivity index (χ4n) is 0.936. The molecule has 0 saturated carbocycles. The highest BCUT2D eigenvalue weighted by atomic mass is 32.2. The lowest BCUT2D eigenvalue weighted by atomic mass is 10.3. The van der Waals surface area contributed by atoms with Crippen LogP contribution in [0.1, 0.15) is 0 Å². The van der Waals surface area contributed by atoms with E-state index in [1.54, 1.807) is 0 Å². The molecule has 0 unspecified atom stereocenters. The Bertz CT molecular complexity index is 327. The molecule has 1 aliphatic rings. The van der Waals surface area contributed by atoms with Crippen LogP contribution in [-0.4, -0.2) is 0 Å². The van der Waals surface area contributed by atoms with E-state index in [4.69, 9.17) is 0 Å². The number of hydrogen-bond donors (Lipinski definition) is 0. The zero-order valence-corrected chi connectivity index (χ0v) is 7.57. The molecule has 0 bridgehead atoms. The first kappa shape index (κ1) is 8.13. The van der Waals surface area contributed by atoms with Crippen LogP contribution in [0.15, 0.2) is 32.7 Å². The van der Waals surface area contributed by atoms with Gasteiger partial charge in [0.15, 0.2) is 11.6 Å². The van der Waals surface area contributed by atoms with Gasteiger partial charge in [-0.25, -0.2) is 8.78 Å². The topological polar surface area (TPSA) is 0 Å². The van der Waals surface area contributed by atoms with E-state index in [2.05, 4.69) is 6.58 Å². The van der Waals surface area contributed by atoms with Crippen molar-refractivity contribution in [2.24, 2.45) is 0 Å². The van der Waals surface area contributed by atoms with Gasteiger partial charge in [-0.3, -0.25) is 0 Å². The van der Waals surface area contributed by atoms with Crippen LogP contribution in [0.25, 0.3) is 0 Å². The summed E-state index contributed by atoms with van der Waals surface area (Å²) >= 11 is 2.75. The molecule has 0 aliphatic carbocycles. The van der Waals surface area contributed by atoms with E-state index in [1.165, 1.54) is 35.7 Å². The zero-order valence-electron chi connectivity index (χ0n) is 5.93. The Morgan fingerprint density at radius 1 is 1.00 bits per heavy atom. The lowest BCUT2D eigenvalue weighted by Crippen LogP contribution is -1.83. The van der Waals surface area contributed by atoms with Crippen LogP contribution in [0.3, 0.4) is 0 Å². The SMILES string of the molecule is C=C1Sc2cc(F)c(F)cc2S1. The second-order valence-electron chi connectivity index (χ2n) is 2.29. The normalized spacial score (nSPS) is 15.0. The predicted octanol–water partition coefficient (Wildman–Crippen LogP) is 3.63. The Morgan fingerprint density at radius 3 is 1.83 bits per heavy atom. The van der Waals surface area contributed by atoms with E-state index in [9.17, 15) is 8.78 Å². The third-order valence-electron chi connectivity index (χ3n) is 1.43. The maximum atomic E-state index is 12.7. The summed E-state index contributed by atoms with van der Waals surface area (Å²) in [6.07, 6.45) is 0. The van der Waals surface area contributed by atoms with Gasteiger partial charge in [0.25, 0.3) is 0 Å². The molecular weight excluding hydrogens is 198 g/mol. The van der Waals surface area contributed by atoms with E-state index in [0.717, 1.165) is 14.0 Å². The molecule has 1 aliphatic heterocycles. The molecule has 2 rings (SSSR count). The second kappa shape index (κ2) is 2.78. The largest absolute Gasteiger partial charge is 0.204 e. The number of benzene rings is 1. The number of fused-ring (bicyclic) bond motifs is 1. The van der Waals surface area contributed by atoms with E-state index in [-0.39, 0.29) is 0 Å². The summed E-state index contributed by atoms with van der Waals surface area (Å²) in [6.45, 7) is 3.71. The summed E-state index contributed by atoms with van der Waals surface area (Å²) in [5, 5.41) is 0. The van der Waals surface area contributed by atoms with Crippen LogP contribution in [0.4, 0.5) is 8.78 Å². The first-order chi connectivity index (χ1) is 5.66. The third kappa shape index (κ3) is 1.25. The summed E-state index contributed by atoms with van der Waals surface area (Å²) in [7, 11) is 0. The summed E-state index contributed by atoms with van der Waals surface area (Å²) in [4.78, 5) is 1.51. The number of thioether (sulfide) groups is 2. The lowest BCUT2D eigenvalue weighted by molar-refractivity contribution is 0.502. The van der Waals surface area contributed by atoms with Crippen molar-refractivity contribution in [2.45, 2.75) is 9.79 Å². The van der Waals surface area contributed by atoms with Crippen LogP contribution < -0.4 is 0 Å². The number of halogens is 2. The predicted molar refractivity (Wildman–Crippen MR) is 47.2 cm³/mol. The minimum Gasteiger partial charge on any atom is -0.204 e. The Balaban J connectivity index is 2.55. The minimum absolute atomic E-state index is 0.754. The molecule has 0 amide bonds. The molecule has 0 saturated heterocycles. The molecule has 1 aromatic rings. The molecule has 0 nitrogen and oxygen atoms in total. The van der Waals surface area contributed by atoms with E-state index < -0.39 is 11.6 Å². The highest BCUT2D eigenvalue weighted by Crippen LogP contribution is 2.50. The summed E-state index contributed by atoms with van der Waals surface area (Å²) in [5.74, 6) is -1.59. The van der Waals surface area contributed by atoms with E-state index >= 15 is 0 Å². The average Bonchev–Trinajstić information content (AvgIpc) is 2.30. The van der Waals surface area contributed by atoms with Crippen LogP contribution in [0.2, 0.25) is 0 Å². The fraction of sp³-hybridized carbons (Fsp3) is 0. The zero-order chi connectivity index (χ0) is 8.72.